The number of ketones is 1. The van der Waals surface area contributed by atoms with Crippen molar-refractivity contribution in [2.75, 3.05) is 41.7 Å². The van der Waals surface area contributed by atoms with Gasteiger partial charge in [-0.3, -0.25) is 4.79 Å². The normalized spacial score (nSPS) is 17.2. The van der Waals surface area contributed by atoms with Crippen molar-refractivity contribution in [3.63, 3.8) is 0 Å². The molecule has 0 aromatic heterocycles. The number of hydrogen-bond donors (Lipinski definition) is 0. The van der Waals surface area contributed by atoms with Crippen molar-refractivity contribution in [1.29, 1.82) is 0 Å². The number of carbonyl (C=O) groups excluding carboxylic acids is 1. The summed E-state index contributed by atoms with van der Waals surface area (Å²) >= 11 is 3.50. The second-order valence-electron chi connectivity index (χ2n) is 7.28. The zero-order valence-corrected chi connectivity index (χ0v) is 20.3. The number of hydrogen-bond acceptors (Lipinski definition) is 8. The van der Waals surface area contributed by atoms with Gasteiger partial charge in [0.1, 0.15) is 11.9 Å². The summed E-state index contributed by atoms with van der Waals surface area (Å²) in [4.78, 5) is 13.3. The molecule has 0 amide bonds. The lowest BCUT2D eigenvalue weighted by atomic mass is 9.96. The number of carbonyl (C=O) groups is 1. The number of halogens is 1. The first kappa shape index (κ1) is 24.5. The highest BCUT2D eigenvalue weighted by Crippen LogP contribution is 2.47. The zero-order valence-electron chi connectivity index (χ0n) is 18.7. The molecule has 2 unspecified atom stereocenters. The summed E-state index contributed by atoms with van der Waals surface area (Å²) in [5, 5.41) is 0. The third-order valence-corrected chi connectivity index (χ3v) is 5.38. The van der Waals surface area contributed by atoms with Crippen molar-refractivity contribution < 1.29 is 38.0 Å². The monoisotopic (exact) mass is 510 g/mol. The van der Waals surface area contributed by atoms with Crippen LogP contribution in [-0.4, -0.2) is 53.6 Å². The number of epoxide rings is 1. The van der Waals surface area contributed by atoms with Gasteiger partial charge in [0, 0.05) is 21.3 Å². The van der Waals surface area contributed by atoms with Gasteiger partial charge in [0.25, 0.3) is 0 Å². The molecule has 0 bridgehead atoms. The van der Waals surface area contributed by atoms with Gasteiger partial charge in [0.2, 0.25) is 0 Å². The van der Waals surface area contributed by atoms with E-state index in [2.05, 4.69) is 15.9 Å². The Morgan fingerprint density at radius 2 is 1.53 bits per heavy atom. The first-order valence-corrected chi connectivity index (χ1v) is 10.7. The molecule has 2 aromatic carbocycles. The van der Waals surface area contributed by atoms with Crippen molar-refractivity contribution in [3.8, 4) is 17.2 Å². The van der Waals surface area contributed by atoms with Gasteiger partial charge < -0.3 is 33.2 Å². The average Bonchev–Trinajstić information content (AvgIpc) is 3.55. The largest absolute Gasteiger partial charge is 0.467 e. The van der Waals surface area contributed by atoms with Crippen molar-refractivity contribution >= 4 is 21.7 Å². The number of aryl methyl sites for hydroxylation is 2. The number of benzene rings is 2. The standard InChI is InChI=1S/C23H27BrO8/c1-13-6-14(2)19(17(7-13)29-10-26-3)20(25)23-21(32-23)15-8-16(24)22(31-12-28-5)18(9-15)30-11-27-4/h6-9,21,23H,10-12H2,1-5H3. The second kappa shape index (κ2) is 11.1. The molecule has 0 radical (unpaired) electrons. The molecule has 1 aliphatic heterocycles. The molecule has 0 aliphatic carbocycles. The van der Waals surface area contributed by atoms with Crippen LogP contribution in [-0.2, 0) is 18.9 Å². The van der Waals surface area contributed by atoms with Gasteiger partial charge in [0.15, 0.2) is 43.8 Å². The van der Waals surface area contributed by atoms with E-state index in [0.29, 0.717) is 27.3 Å². The molecular formula is C23H27BrO8. The molecule has 0 N–H and O–H groups in total. The van der Waals surface area contributed by atoms with E-state index >= 15 is 0 Å². The summed E-state index contributed by atoms with van der Waals surface area (Å²) in [6.45, 7) is 3.97. The van der Waals surface area contributed by atoms with Crippen LogP contribution in [0.1, 0.15) is 33.2 Å². The van der Waals surface area contributed by atoms with Crippen molar-refractivity contribution in [2.45, 2.75) is 26.1 Å². The lowest BCUT2D eigenvalue weighted by Gasteiger charge is -2.15. The quantitative estimate of drug-likeness (QED) is 0.237. The minimum atomic E-state index is -0.630. The van der Waals surface area contributed by atoms with Gasteiger partial charge in [-0.1, -0.05) is 6.07 Å². The topological polar surface area (TPSA) is 85.0 Å². The SMILES string of the molecule is COCOc1cc(C2OC2C(=O)c2c(C)cc(C)cc2OCOC)cc(Br)c1OCOC. The average molecular weight is 511 g/mol. The van der Waals surface area contributed by atoms with E-state index in [9.17, 15) is 4.79 Å². The Morgan fingerprint density at radius 3 is 2.19 bits per heavy atom. The van der Waals surface area contributed by atoms with Gasteiger partial charge in [-0.25, -0.2) is 0 Å². The summed E-state index contributed by atoms with van der Waals surface area (Å²) in [6.07, 6.45) is -1.05. The van der Waals surface area contributed by atoms with E-state index in [4.69, 9.17) is 33.2 Å². The van der Waals surface area contributed by atoms with E-state index < -0.39 is 12.2 Å². The molecule has 1 aliphatic rings. The zero-order chi connectivity index (χ0) is 23.3. The van der Waals surface area contributed by atoms with Crippen LogP contribution in [0.25, 0.3) is 0 Å². The smallest absolute Gasteiger partial charge is 0.198 e. The maximum atomic E-state index is 13.3. The van der Waals surface area contributed by atoms with Crippen LogP contribution in [0.2, 0.25) is 0 Å². The molecule has 174 valence electrons. The van der Waals surface area contributed by atoms with Gasteiger partial charge in [0.05, 0.1) is 10.0 Å². The van der Waals surface area contributed by atoms with Crippen molar-refractivity contribution in [1.82, 2.24) is 0 Å². The Morgan fingerprint density at radius 1 is 0.906 bits per heavy atom. The Kier molecular flexibility index (Phi) is 8.50. The van der Waals surface area contributed by atoms with Crippen molar-refractivity contribution in [2.24, 2.45) is 0 Å². The van der Waals surface area contributed by atoms with Crippen LogP contribution >= 0.6 is 15.9 Å². The lowest BCUT2D eigenvalue weighted by Crippen LogP contribution is -2.14. The van der Waals surface area contributed by atoms with Crippen LogP contribution in [0.3, 0.4) is 0 Å². The molecule has 3 rings (SSSR count). The molecule has 1 fully saturated rings. The highest BCUT2D eigenvalue weighted by atomic mass is 79.9. The number of methoxy groups -OCH3 is 3. The van der Waals surface area contributed by atoms with E-state index in [1.165, 1.54) is 21.3 Å². The maximum Gasteiger partial charge on any atom is 0.198 e. The van der Waals surface area contributed by atoms with Crippen LogP contribution in [0.5, 0.6) is 17.2 Å². The van der Waals surface area contributed by atoms with E-state index in [-0.39, 0.29) is 26.2 Å². The fourth-order valence-electron chi connectivity index (χ4n) is 3.43. The maximum absolute atomic E-state index is 13.3. The highest BCUT2D eigenvalue weighted by molar-refractivity contribution is 9.10. The predicted octanol–water partition coefficient (Wildman–Crippen LogP) is 4.34. The van der Waals surface area contributed by atoms with Gasteiger partial charge in [-0.15, -0.1) is 0 Å². The van der Waals surface area contributed by atoms with Crippen LogP contribution < -0.4 is 14.2 Å². The fraction of sp³-hybridized carbons (Fsp3) is 0.435. The van der Waals surface area contributed by atoms with E-state index in [1.807, 2.05) is 32.0 Å². The first-order valence-electron chi connectivity index (χ1n) is 9.90. The summed E-state index contributed by atoms with van der Waals surface area (Å²) in [6, 6.07) is 7.38. The van der Waals surface area contributed by atoms with Crippen LogP contribution in [0, 0.1) is 13.8 Å². The fourth-order valence-corrected chi connectivity index (χ4v) is 4.00. The van der Waals surface area contributed by atoms with Crippen LogP contribution in [0.4, 0.5) is 0 Å². The van der Waals surface area contributed by atoms with Crippen LogP contribution in [0.15, 0.2) is 28.7 Å². The number of rotatable bonds is 12. The number of ether oxygens (including phenoxy) is 7. The lowest BCUT2D eigenvalue weighted by molar-refractivity contribution is 0.0317. The Hall–Kier alpha value is -2.17. The third kappa shape index (κ3) is 5.60. The molecule has 0 saturated carbocycles. The van der Waals surface area contributed by atoms with Crippen molar-refractivity contribution in [3.05, 3.63) is 51.0 Å². The molecular weight excluding hydrogens is 484 g/mol. The summed E-state index contributed by atoms with van der Waals surface area (Å²) < 4.78 is 38.4. The van der Waals surface area contributed by atoms with Gasteiger partial charge >= 0.3 is 0 Å². The van der Waals surface area contributed by atoms with E-state index in [1.54, 1.807) is 6.07 Å². The molecule has 1 saturated heterocycles. The molecule has 0 spiro atoms. The summed E-state index contributed by atoms with van der Waals surface area (Å²) in [7, 11) is 4.59. The summed E-state index contributed by atoms with van der Waals surface area (Å²) in [5.74, 6) is 1.26. The Labute approximate surface area is 195 Å². The Bertz CT molecular complexity index is 961. The van der Waals surface area contributed by atoms with Gasteiger partial charge in [-0.2, -0.15) is 0 Å². The summed E-state index contributed by atoms with van der Waals surface area (Å²) in [5.41, 5.74) is 3.09. The predicted molar refractivity (Wildman–Crippen MR) is 120 cm³/mol. The van der Waals surface area contributed by atoms with E-state index in [0.717, 1.165) is 16.7 Å². The third-order valence-electron chi connectivity index (χ3n) is 4.79. The highest BCUT2D eigenvalue weighted by Gasteiger charge is 2.48. The minimum Gasteiger partial charge on any atom is -0.467 e. The van der Waals surface area contributed by atoms with Gasteiger partial charge in [-0.05, 0) is 64.7 Å². The molecule has 8 nitrogen and oxygen atoms in total. The number of Topliss-reactive ketones (excluding diaryl/α,β-unsaturated/α-hetero) is 1. The first-order chi connectivity index (χ1) is 15.4. The molecule has 2 atom stereocenters. The molecule has 2 aromatic rings. The minimum absolute atomic E-state index is 0.0376. The molecule has 1 heterocycles. The molecule has 32 heavy (non-hydrogen) atoms. The second-order valence-corrected chi connectivity index (χ2v) is 8.13. The Balaban J connectivity index is 1.86. The molecule has 9 heteroatoms.